The second kappa shape index (κ2) is 7.53. The molecule has 31 heavy (non-hydrogen) atoms. The normalized spacial score (nSPS) is 12.5. The number of amides is 1. The van der Waals surface area contributed by atoms with Crippen molar-refractivity contribution in [1.29, 1.82) is 0 Å². The van der Waals surface area contributed by atoms with E-state index in [1.807, 2.05) is 0 Å². The molecule has 0 unspecified atom stereocenters. The van der Waals surface area contributed by atoms with E-state index < -0.39 is 11.9 Å². The number of aromatic amines is 1. The molecule has 3 aromatic carbocycles. The molecule has 3 N–H and O–H groups in total. The lowest BCUT2D eigenvalue weighted by molar-refractivity contribution is 0.0696. The zero-order chi connectivity index (χ0) is 21.4. The number of carbonyl (C=O) groups excluding carboxylic acids is 1. The first-order chi connectivity index (χ1) is 15.1. The Morgan fingerprint density at radius 3 is 2.58 bits per heavy atom. The standard InChI is InChI=1S/C24H18N4O3/c29-23(28-25-13-14-4-6-17(7-5-14)24(30)31)21-12-20(26-27-21)18-11-10-16-9-8-15-2-1-3-19(18)22(15)16/h1-7,10-13H,8-9H2,(H,26,27)(H,28,29)(H,30,31)/b25-13-. The van der Waals surface area contributed by atoms with Crippen molar-refractivity contribution < 1.29 is 14.7 Å². The number of carboxylic acids is 1. The van der Waals surface area contributed by atoms with Gasteiger partial charge in [-0.25, -0.2) is 10.2 Å². The second-order valence-corrected chi connectivity index (χ2v) is 7.41. The number of carboxylic acid groups (broad SMARTS) is 1. The van der Waals surface area contributed by atoms with E-state index in [-0.39, 0.29) is 5.56 Å². The Labute approximate surface area is 177 Å². The summed E-state index contributed by atoms with van der Waals surface area (Å²) in [5.74, 6) is -1.41. The van der Waals surface area contributed by atoms with Crippen molar-refractivity contribution in [3.05, 3.63) is 88.6 Å². The molecule has 0 atom stereocenters. The number of nitrogens with zero attached hydrogens (tertiary/aromatic N) is 2. The average molecular weight is 410 g/mol. The number of carbonyl (C=O) groups is 2. The minimum Gasteiger partial charge on any atom is -0.478 e. The van der Waals surface area contributed by atoms with Gasteiger partial charge in [0.25, 0.3) is 5.91 Å². The van der Waals surface area contributed by atoms with Crippen LogP contribution in [0.25, 0.3) is 22.0 Å². The first-order valence-electron chi connectivity index (χ1n) is 9.86. The summed E-state index contributed by atoms with van der Waals surface area (Å²) in [6.45, 7) is 0. The van der Waals surface area contributed by atoms with Gasteiger partial charge in [-0.3, -0.25) is 9.89 Å². The molecule has 0 spiro atoms. The van der Waals surface area contributed by atoms with E-state index in [0.717, 1.165) is 23.8 Å². The number of hydrogen-bond acceptors (Lipinski definition) is 4. The molecule has 7 heteroatoms. The van der Waals surface area contributed by atoms with E-state index in [2.05, 4.69) is 51.1 Å². The van der Waals surface area contributed by atoms with Crippen LogP contribution in [0.2, 0.25) is 0 Å². The molecule has 7 nitrogen and oxygen atoms in total. The molecule has 1 amide bonds. The van der Waals surface area contributed by atoms with Crippen LogP contribution in [0.15, 0.2) is 65.8 Å². The molecular weight excluding hydrogens is 392 g/mol. The molecule has 0 saturated heterocycles. The van der Waals surface area contributed by atoms with Gasteiger partial charge in [-0.15, -0.1) is 0 Å². The fourth-order valence-electron chi connectivity index (χ4n) is 3.98. The lowest BCUT2D eigenvalue weighted by atomic mass is 9.98. The number of rotatable bonds is 5. The van der Waals surface area contributed by atoms with E-state index in [9.17, 15) is 9.59 Å². The third-order valence-corrected chi connectivity index (χ3v) is 5.51. The lowest BCUT2D eigenvalue weighted by Crippen LogP contribution is -2.18. The van der Waals surface area contributed by atoms with Crippen molar-refractivity contribution in [2.45, 2.75) is 12.8 Å². The Bertz CT molecular complexity index is 1340. The fraction of sp³-hybridized carbons (Fsp3) is 0.0833. The summed E-state index contributed by atoms with van der Waals surface area (Å²) in [6.07, 6.45) is 3.56. The first-order valence-corrected chi connectivity index (χ1v) is 9.86. The number of nitrogens with one attached hydrogen (secondary N) is 2. The van der Waals surface area contributed by atoms with Gasteiger partial charge in [-0.2, -0.15) is 10.2 Å². The van der Waals surface area contributed by atoms with Crippen molar-refractivity contribution in [2.75, 3.05) is 0 Å². The average Bonchev–Trinajstić information content (AvgIpc) is 3.43. The summed E-state index contributed by atoms with van der Waals surface area (Å²) in [4.78, 5) is 23.3. The maximum atomic E-state index is 12.4. The topological polar surface area (TPSA) is 107 Å². The Hall–Kier alpha value is -4.26. The van der Waals surface area contributed by atoms with Crippen LogP contribution < -0.4 is 5.43 Å². The predicted molar refractivity (Wildman–Crippen MR) is 117 cm³/mol. The molecule has 1 aliphatic rings. The Balaban J connectivity index is 1.34. The van der Waals surface area contributed by atoms with Crippen molar-refractivity contribution in [2.24, 2.45) is 5.10 Å². The molecule has 0 bridgehead atoms. The zero-order valence-corrected chi connectivity index (χ0v) is 16.4. The quantitative estimate of drug-likeness (QED) is 0.344. The van der Waals surface area contributed by atoms with Crippen LogP contribution in [0.5, 0.6) is 0 Å². The van der Waals surface area contributed by atoms with Crippen LogP contribution >= 0.6 is 0 Å². The molecule has 0 radical (unpaired) electrons. The van der Waals surface area contributed by atoms with Crippen LogP contribution in [-0.4, -0.2) is 33.4 Å². The van der Waals surface area contributed by atoms with Crippen molar-refractivity contribution >= 4 is 28.9 Å². The molecule has 1 aromatic heterocycles. The Morgan fingerprint density at radius 1 is 1.03 bits per heavy atom. The third kappa shape index (κ3) is 3.46. The molecule has 0 aliphatic heterocycles. The monoisotopic (exact) mass is 410 g/mol. The Morgan fingerprint density at radius 2 is 1.81 bits per heavy atom. The van der Waals surface area contributed by atoms with Crippen molar-refractivity contribution in [3.63, 3.8) is 0 Å². The van der Waals surface area contributed by atoms with Crippen LogP contribution in [0.4, 0.5) is 0 Å². The number of aromatic nitrogens is 2. The van der Waals surface area contributed by atoms with Crippen molar-refractivity contribution in [1.82, 2.24) is 15.6 Å². The molecule has 152 valence electrons. The van der Waals surface area contributed by atoms with E-state index >= 15 is 0 Å². The molecule has 1 aliphatic carbocycles. The van der Waals surface area contributed by atoms with Crippen LogP contribution in [0.3, 0.4) is 0 Å². The third-order valence-electron chi connectivity index (χ3n) is 5.51. The van der Waals surface area contributed by atoms with Gasteiger partial charge in [0.2, 0.25) is 0 Å². The van der Waals surface area contributed by atoms with Gasteiger partial charge in [-0.1, -0.05) is 42.5 Å². The van der Waals surface area contributed by atoms with E-state index in [1.165, 1.54) is 34.9 Å². The van der Waals surface area contributed by atoms with Gasteiger partial charge in [0.15, 0.2) is 0 Å². The van der Waals surface area contributed by atoms with Gasteiger partial charge in [0.1, 0.15) is 5.69 Å². The Kier molecular flexibility index (Phi) is 4.55. The number of aryl methyl sites for hydroxylation is 2. The van der Waals surface area contributed by atoms with Gasteiger partial charge in [0, 0.05) is 5.56 Å². The summed E-state index contributed by atoms with van der Waals surface area (Å²) in [5, 5.41) is 22.4. The van der Waals surface area contributed by atoms with Crippen LogP contribution in [0.1, 0.15) is 37.5 Å². The molecule has 5 rings (SSSR count). The van der Waals surface area contributed by atoms with E-state index in [4.69, 9.17) is 5.11 Å². The summed E-state index contributed by atoms with van der Waals surface area (Å²) < 4.78 is 0. The molecular formula is C24H18N4O3. The largest absolute Gasteiger partial charge is 0.478 e. The minimum absolute atomic E-state index is 0.189. The summed E-state index contributed by atoms with van der Waals surface area (Å²) >= 11 is 0. The summed E-state index contributed by atoms with van der Waals surface area (Å²) in [6, 6.07) is 18.4. The fourth-order valence-corrected chi connectivity index (χ4v) is 3.98. The van der Waals surface area contributed by atoms with E-state index in [0.29, 0.717) is 17.0 Å². The van der Waals surface area contributed by atoms with Gasteiger partial charge in [-0.05, 0) is 58.5 Å². The highest BCUT2D eigenvalue weighted by Gasteiger charge is 2.18. The lowest BCUT2D eigenvalue weighted by Gasteiger charge is -2.06. The number of hydrogen-bond donors (Lipinski definition) is 3. The van der Waals surface area contributed by atoms with Crippen LogP contribution in [-0.2, 0) is 12.8 Å². The second-order valence-electron chi connectivity index (χ2n) is 7.41. The molecule has 1 heterocycles. The maximum Gasteiger partial charge on any atom is 0.335 e. The van der Waals surface area contributed by atoms with Crippen molar-refractivity contribution in [3.8, 4) is 11.3 Å². The highest BCUT2D eigenvalue weighted by atomic mass is 16.4. The number of hydrazone groups is 1. The molecule has 0 saturated carbocycles. The first kappa shape index (κ1) is 18.7. The van der Waals surface area contributed by atoms with E-state index in [1.54, 1.807) is 18.2 Å². The molecule has 4 aromatic rings. The minimum atomic E-state index is -0.993. The van der Waals surface area contributed by atoms with Gasteiger partial charge in [0.05, 0.1) is 17.5 Å². The van der Waals surface area contributed by atoms with Gasteiger partial charge >= 0.3 is 5.97 Å². The number of benzene rings is 3. The zero-order valence-electron chi connectivity index (χ0n) is 16.4. The smallest absolute Gasteiger partial charge is 0.335 e. The highest BCUT2D eigenvalue weighted by molar-refractivity contribution is 6.02. The summed E-state index contributed by atoms with van der Waals surface area (Å²) in [5.41, 5.74) is 8.02. The summed E-state index contributed by atoms with van der Waals surface area (Å²) in [7, 11) is 0. The SMILES string of the molecule is O=C(O)c1ccc(/C=N\NC(=O)c2cc(-c3ccc4c5c(cccc35)CC4)n[nH]2)cc1. The number of H-pyrrole nitrogens is 1. The predicted octanol–water partition coefficient (Wildman–Crippen LogP) is 3.79. The van der Waals surface area contributed by atoms with Gasteiger partial charge < -0.3 is 5.11 Å². The maximum absolute atomic E-state index is 12.4. The molecule has 0 fully saturated rings. The van der Waals surface area contributed by atoms with Crippen LogP contribution in [0, 0.1) is 0 Å². The highest BCUT2D eigenvalue weighted by Crippen LogP contribution is 2.36. The number of aromatic carboxylic acids is 1.